The summed E-state index contributed by atoms with van der Waals surface area (Å²) in [6.45, 7) is 0. The van der Waals surface area contributed by atoms with E-state index in [2.05, 4.69) is 26.5 Å². The van der Waals surface area contributed by atoms with Gasteiger partial charge in [0.2, 0.25) is 6.41 Å². The number of carbonyl (C=O) groups is 1. The molecule has 0 radical (unpaired) electrons. The van der Waals surface area contributed by atoms with Crippen LogP contribution >= 0.6 is 15.9 Å². The summed E-state index contributed by atoms with van der Waals surface area (Å²) in [5.41, 5.74) is 2.36. The van der Waals surface area contributed by atoms with Gasteiger partial charge in [-0.3, -0.25) is 4.79 Å². The molecule has 0 fully saturated rings. The monoisotopic (exact) mass is 244 g/mol. The van der Waals surface area contributed by atoms with Crippen molar-refractivity contribution in [1.82, 2.24) is 5.43 Å². The number of hydrogen-bond acceptors (Lipinski definition) is 2. The molecular weight excluding hydrogens is 239 g/mol. The van der Waals surface area contributed by atoms with Gasteiger partial charge in [-0.25, -0.2) is 9.82 Å². The van der Waals surface area contributed by atoms with Crippen LogP contribution in [-0.4, -0.2) is 12.6 Å². The maximum Gasteiger partial charge on any atom is 0.227 e. The fourth-order valence-corrected chi connectivity index (χ4v) is 1.13. The zero-order chi connectivity index (χ0) is 9.68. The molecule has 0 atom stereocenters. The maximum absolute atomic E-state index is 13.0. The molecule has 0 saturated carbocycles. The number of nitrogens with zero attached hydrogens (tertiary/aromatic N) is 1. The van der Waals surface area contributed by atoms with Crippen molar-refractivity contribution in [1.29, 1.82) is 0 Å². The molecule has 0 heterocycles. The number of halogens is 2. The van der Waals surface area contributed by atoms with Gasteiger partial charge in [0.05, 0.1) is 6.21 Å². The highest BCUT2D eigenvalue weighted by Gasteiger charge is 1.98. The molecule has 1 aromatic rings. The van der Waals surface area contributed by atoms with E-state index in [0.29, 0.717) is 12.0 Å². The first-order valence-electron chi connectivity index (χ1n) is 3.41. The van der Waals surface area contributed by atoms with E-state index in [0.717, 1.165) is 4.47 Å². The first-order chi connectivity index (χ1) is 6.24. The van der Waals surface area contributed by atoms with Gasteiger partial charge in [-0.1, -0.05) is 15.9 Å². The van der Waals surface area contributed by atoms with Crippen LogP contribution in [0.4, 0.5) is 4.39 Å². The summed E-state index contributed by atoms with van der Waals surface area (Å²) in [4.78, 5) is 9.82. The molecule has 0 aliphatic carbocycles. The quantitative estimate of drug-likeness (QED) is 0.491. The topological polar surface area (TPSA) is 41.5 Å². The van der Waals surface area contributed by atoms with Crippen LogP contribution in [0.2, 0.25) is 0 Å². The van der Waals surface area contributed by atoms with E-state index in [1.165, 1.54) is 12.3 Å². The summed E-state index contributed by atoms with van der Waals surface area (Å²) in [5.74, 6) is -0.389. The summed E-state index contributed by atoms with van der Waals surface area (Å²) >= 11 is 3.19. The van der Waals surface area contributed by atoms with Crippen LogP contribution in [0.15, 0.2) is 27.8 Å². The molecular formula is C8H6BrFN2O. The van der Waals surface area contributed by atoms with Gasteiger partial charge >= 0.3 is 0 Å². The third kappa shape index (κ3) is 2.95. The summed E-state index contributed by atoms with van der Waals surface area (Å²) in [6.07, 6.45) is 1.64. The van der Waals surface area contributed by atoms with E-state index in [9.17, 15) is 9.18 Å². The summed E-state index contributed by atoms with van der Waals surface area (Å²) in [5, 5.41) is 3.46. The van der Waals surface area contributed by atoms with E-state index < -0.39 is 0 Å². The number of hydrogen-bond donors (Lipinski definition) is 1. The highest BCUT2D eigenvalue weighted by Crippen LogP contribution is 2.13. The van der Waals surface area contributed by atoms with Crippen LogP contribution in [0, 0.1) is 5.82 Å². The van der Waals surface area contributed by atoms with Gasteiger partial charge in [-0.05, 0) is 18.2 Å². The lowest BCUT2D eigenvalue weighted by Gasteiger charge is -1.96. The zero-order valence-electron chi connectivity index (χ0n) is 6.50. The normalized spacial score (nSPS) is 10.3. The Labute approximate surface area is 82.8 Å². The predicted octanol–water partition coefficient (Wildman–Crippen LogP) is 1.67. The Morgan fingerprint density at radius 2 is 2.31 bits per heavy atom. The van der Waals surface area contributed by atoms with Crippen LogP contribution < -0.4 is 5.43 Å². The van der Waals surface area contributed by atoms with Crippen molar-refractivity contribution in [3.05, 3.63) is 34.1 Å². The lowest BCUT2D eigenvalue weighted by molar-refractivity contribution is -0.109. The predicted molar refractivity (Wildman–Crippen MR) is 50.9 cm³/mol. The molecule has 1 N–H and O–H groups in total. The molecule has 5 heteroatoms. The molecule has 68 valence electrons. The van der Waals surface area contributed by atoms with E-state index in [1.54, 1.807) is 12.1 Å². The van der Waals surface area contributed by atoms with Gasteiger partial charge < -0.3 is 0 Å². The number of amides is 1. The lowest BCUT2D eigenvalue weighted by Crippen LogP contribution is -2.01. The molecule has 1 aromatic carbocycles. The van der Waals surface area contributed by atoms with Crippen molar-refractivity contribution in [2.75, 3.05) is 0 Å². The number of hydrazone groups is 1. The smallest absolute Gasteiger partial charge is 0.227 e. The van der Waals surface area contributed by atoms with Gasteiger partial charge in [0.1, 0.15) is 5.82 Å². The van der Waals surface area contributed by atoms with Gasteiger partial charge in [-0.2, -0.15) is 5.10 Å². The maximum atomic E-state index is 13.0. The zero-order valence-corrected chi connectivity index (χ0v) is 8.08. The van der Waals surface area contributed by atoms with Crippen molar-refractivity contribution in [3.63, 3.8) is 0 Å². The SMILES string of the molecule is O=CN/N=C/c1cc(Br)ccc1F. The van der Waals surface area contributed by atoms with Crippen LogP contribution in [0.25, 0.3) is 0 Å². The van der Waals surface area contributed by atoms with Crippen molar-refractivity contribution < 1.29 is 9.18 Å². The molecule has 0 saturated heterocycles. The minimum absolute atomic E-state index is 0.309. The molecule has 0 spiro atoms. The van der Waals surface area contributed by atoms with Crippen LogP contribution in [0.5, 0.6) is 0 Å². The van der Waals surface area contributed by atoms with E-state index in [4.69, 9.17) is 0 Å². The minimum atomic E-state index is -0.389. The van der Waals surface area contributed by atoms with Crippen LogP contribution in [0.3, 0.4) is 0 Å². The van der Waals surface area contributed by atoms with Crippen molar-refractivity contribution >= 4 is 28.6 Å². The second kappa shape index (κ2) is 4.71. The first kappa shape index (κ1) is 9.85. The summed E-state index contributed by atoms with van der Waals surface area (Å²) < 4.78 is 13.7. The van der Waals surface area contributed by atoms with Crippen molar-refractivity contribution in [2.45, 2.75) is 0 Å². The molecule has 0 aliphatic rings. The number of rotatable bonds is 3. The third-order valence-electron chi connectivity index (χ3n) is 1.29. The molecule has 13 heavy (non-hydrogen) atoms. The fraction of sp³-hybridized carbons (Fsp3) is 0. The fourth-order valence-electron chi connectivity index (χ4n) is 0.751. The first-order valence-corrected chi connectivity index (χ1v) is 4.20. The van der Waals surface area contributed by atoms with E-state index in [-0.39, 0.29) is 5.82 Å². The molecule has 3 nitrogen and oxygen atoms in total. The Kier molecular flexibility index (Phi) is 3.57. The number of carbonyl (C=O) groups excluding carboxylic acids is 1. The Bertz CT molecular complexity index is 341. The van der Waals surface area contributed by atoms with Crippen LogP contribution in [-0.2, 0) is 4.79 Å². The average Bonchev–Trinajstić information content (AvgIpc) is 2.11. The van der Waals surface area contributed by atoms with Gasteiger partial charge in [0.25, 0.3) is 0 Å². The van der Waals surface area contributed by atoms with Gasteiger partial charge in [-0.15, -0.1) is 0 Å². The van der Waals surface area contributed by atoms with Gasteiger partial charge in [0.15, 0.2) is 0 Å². The van der Waals surface area contributed by atoms with E-state index in [1.807, 2.05) is 0 Å². The Balaban J connectivity index is 2.86. The van der Waals surface area contributed by atoms with Crippen LogP contribution in [0.1, 0.15) is 5.56 Å². The second-order valence-electron chi connectivity index (χ2n) is 2.17. The second-order valence-corrected chi connectivity index (χ2v) is 3.09. The largest absolute Gasteiger partial charge is 0.277 e. The average molecular weight is 245 g/mol. The van der Waals surface area contributed by atoms with E-state index >= 15 is 0 Å². The highest BCUT2D eigenvalue weighted by molar-refractivity contribution is 9.10. The molecule has 1 rings (SSSR count). The third-order valence-corrected chi connectivity index (χ3v) is 1.78. The number of nitrogens with one attached hydrogen (secondary N) is 1. The highest BCUT2D eigenvalue weighted by atomic mass is 79.9. The summed E-state index contributed by atoms with van der Waals surface area (Å²) in [7, 11) is 0. The number of benzene rings is 1. The van der Waals surface area contributed by atoms with Gasteiger partial charge in [0, 0.05) is 10.0 Å². The lowest BCUT2D eigenvalue weighted by atomic mass is 10.2. The molecule has 0 aromatic heterocycles. The Morgan fingerprint density at radius 3 is 3.00 bits per heavy atom. The van der Waals surface area contributed by atoms with Crippen molar-refractivity contribution in [3.8, 4) is 0 Å². The molecule has 1 amide bonds. The van der Waals surface area contributed by atoms with Crippen molar-refractivity contribution in [2.24, 2.45) is 5.10 Å². The Hall–Kier alpha value is -1.23. The molecule has 0 unspecified atom stereocenters. The molecule has 0 aliphatic heterocycles. The standard InChI is InChI=1S/C8H6BrFN2O/c9-7-1-2-8(10)6(3-7)4-11-12-5-13/h1-5H,(H,12,13)/b11-4+. The minimum Gasteiger partial charge on any atom is -0.277 e. The summed E-state index contributed by atoms with van der Waals surface area (Å²) in [6, 6.07) is 4.46. The molecule has 0 bridgehead atoms. The Morgan fingerprint density at radius 1 is 1.54 bits per heavy atom.